The van der Waals surface area contributed by atoms with Crippen LogP contribution in [0.3, 0.4) is 0 Å². The van der Waals surface area contributed by atoms with Crippen molar-refractivity contribution in [3.63, 3.8) is 0 Å². The molecular weight excluding hydrogens is 214 g/mol. The van der Waals surface area contributed by atoms with E-state index in [2.05, 4.69) is 61.0 Å². The van der Waals surface area contributed by atoms with Crippen LogP contribution in [0.2, 0.25) is 0 Å². The first-order valence-corrected chi connectivity index (χ1v) is 6.19. The minimum Gasteiger partial charge on any atom is -0.323 e. The Morgan fingerprint density at radius 2 is 1.88 bits per heavy atom. The third-order valence-electron chi connectivity index (χ3n) is 2.76. The SMILES string of the molecule is Cc1ccc2cc(-c3ccc(C)s3)cn2c1. The average Bonchev–Trinajstić information content (AvgIpc) is 2.83. The standard InChI is InChI=1S/C14H13NS/c1-10-3-5-13-7-12(9-15(13)8-10)14-6-4-11(2)16-14/h3-9H,1-2H3. The minimum atomic E-state index is 1.26. The van der Waals surface area contributed by atoms with E-state index in [1.165, 1.54) is 26.4 Å². The molecule has 0 unspecified atom stereocenters. The first kappa shape index (κ1) is 9.67. The molecule has 0 atom stereocenters. The van der Waals surface area contributed by atoms with Crippen molar-refractivity contribution in [1.82, 2.24) is 4.40 Å². The number of aromatic nitrogens is 1. The summed E-state index contributed by atoms with van der Waals surface area (Å²) in [6, 6.07) is 10.9. The van der Waals surface area contributed by atoms with Gasteiger partial charge in [0, 0.05) is 33.2 Å². The molecule has 0 spiro atoms. The summed E-state index contributed by atoms with van der Waals surface area (Å²) < 4.78 is 2.19. The largest absolute Gasteiger partial charge is 0.323 e. The van der Waals surface area contributed by atoms with Gasteiger partial charge in [-0.2, -0.15) is 0 Å². The number of aryl methyl sites for hydroxylation is 2. The number of nitrogens with zero attached hydrogens (tertiary/aromatic N) is 1. The highest BCUT2D eigenvalue weighted by molar-refractivity contribution is 7.15. The summed E-state index contributed by atoms with van der Waals surface area (Å²) in [6.07, 6.45) is 4.37. The van der Waals surface area contributed by atoms with E-state index in [-0.39, 0.29) is 0 Å². The van der Waals surface area contributed by atoms with Crippen LogP contribution in [0.4, 0.5) is 0 Å². The van der Waals surface area contributed by atoms with Gasteiger partial charge in [0.05, 0.1) is 0 Å². The molecule has 80 valence electrons. The molecule has 3 heterocycles. The predicted octanol–water partition coefficient (Wildman–Crippen LogP) is 4.28. The molecule has 0 bridgehead atoms. The Morgan fingerprint density at radius 3 is 2.62 bits per heavy atom. The summed E-state index contributed by atoms with van der Waals surface area (Å²) in [6.45, 7) is 4.27. The van der Waals surface area contributed by atoms with Crippen molar-refractivity contribution in [2.45, 2.75) is 13.8 Å². The number of hydrogen-bond acceptors (Lipinski definition) is 1. The average molecular weight is 227 g/mol. The van der Waals surface area contributed by atoms with Gasteiger partial charge in [0.1, 0.15) is 0 Å². The highest BCUT2D eigenvalue weighted by Gasteiger charge is 2.04. The van der Waals surface area contributed by atoms with E-state index in [0.29, 0.717) is 0 Å². The minimum absolute atomic E-state index is 1.26. The van der Waals surface area contributed by atoms with Gasteiger partial charge in [-0.1, -0.05) is 6.07 Å². The lowest BCUT2D eigenvalue weighted by molar-refractivity contribution is 1.17. The number of pyridine rings is 1. The van der Waals surface area contributed by atoms with E-state index in [4.69, 9.17) is 0 Å². The van der Waals surface area contributed by atoms with Gasteiger partial charge in [-0.05, 0) is 43.7 Å². The summed E-state index contributed by atoms with van der Waals surface area (Å²) in [5.74, 6) is 0. The molecule has 0 saturated carbocycles. The number of rotatable bonds is 1. The Balaban J connectivity index is 2.18. The fourth-order valence-corrected chi connectivity index (χ4v) is 2.79. The maximum atomic E-state index is 2.24. The maximum Gasteiger partial charge on any atom is 0.0456 e. The van der Waals surface area contributed by atoms with Crippen LogP contribution in [0.5, 0.6) is 0 Å². The smallest absolute Gasteiger partial charge is 0.0456 e. The monoisotopic (exact) mass is 227 g/mol. The normalized spacial score (nSPS) is 11.1. The molecule has 0 amide bonds. The van der Waals surface area contributed by atoms with Crippen LogP contribution in [-0.2, 0) is 0 Å². The van der Waals surface area contributed by atoms with Gasteiger partial charge in [0.25, 0.3) is 0 Å². The van der Waals surface area contributed by atoms with E-state index >= 15 is 0 Å². The van der Waals surface area contributed by atoms with E-state index in [1.807, 2.05) is 11.3 Å². The molecule has 2 heteroatoms. The topological polar surface area (TPSA) is 4.41 Å². The van der Waals surface area contributed by atoms with Gasteiger partial charge in [-0.25, -0.2) is 0 Å². The fourth-order valence-electron chi connectivity index (χ4n) is 1.95. The lowest BCUT2D eigenvalue weighted by Gasteiger charge is -1.94. The zero-order valence-electron chi connectivity index (χ0n) is 9.40. The van der Waals surface area contributed by atoms with Crippen LogP contribution >= 0.6 is 11.3 Å². The van der Waals surface area contributed by atoms with Gasteiger partial charge in [0.15, 0.2) is 0 Å². The molecule has 0 radical (unpaired) electrons. The van der Waals surface area contributed by atoms with Crippen LogP contribution in [0.15, 0.2) is 42.7 Å². The number of fused-ring (bicyclic) bond motifs is 1. The van der Waals surface area contributed by atoms with Crippen molar-refractivity contribution >= 4 is 16.9 Å². The van der Waals surface area contributed by atoms with Crippen molar-refractivity contribution in [2.75, 3.05) is 0 Å². The van der Waals surface area contributed by atoms with Gasteiger partial charge < -0.3 is 4.40 Å². The number of thiophene rings is 1. The Morgan fingerprint density at radius 1 is 1.00 bits per heavy atom. The second kappa shape index (κ2) is 3.49. The lowest BCUT2D eigenvalue weighted by atomic mass is 10.2. The molecule has 0 N–H and O–H groups in total. The molecule has 3 rings (SSSR count). The van der Waals surface area contributed by atoms with E-state index in [0.717, 1.165) is 0 Å². The summed E-state index contributed by atoms with van der Waals surface area (Å²) in [7, 11) is 0. The van der Waals surface area contributed by atoms with Crippen molar-refractivity contribution in [3.8, 4) is 10.4 Å². The third kappa shape index (κ3) is 1.55. The third-order valence-corrected chi connectivity index (χ3v) is 3.81. The van der Waals surface area contributed by atoms with Crippen molar-refractivity contribution < 1.29 is 0 Å². The van der Waals surface area contributed by atoms with Crippen molar-refractivity contribution in [3.05, 3.63) is 53.2 Å². The highest BCUT2D eigenvalue weighted by Crippen LogP contribution is 2.29. The molecule has 0 aromatic carbocycles. The summed E-state index contributed by atoms with van der Waals surface area (Å²) >= 11 is 1.85. The second-order valence-electron chi connectivity index (χ2n) is 4.18. The molecular formula is C14H13NS. The van der Waals surface area contributed by atoms with Crippen LogP contribution in [-0.4, -0.2) is 4.40 Å². The Bertz CT molecular complexity index is 646. The molecule has 3 aromatic rings. The quantitative estimate of drug-likeness (QED) is 0.584. The first-order valence-electron chi connectivity index (χ1n) is 5.37. The van der Waals surface area contributed by atoms with Gasteiger partial charge >= 0.3 is 0 Å². The zero-order valence-corrected chi connectivity index (χ0v) is 10.2. The second-order valence-corrected chi connectivity index (χ2v) is 5.47. The predicted molar refractivity (Wildman–Crippen MR) is 70.2 cm³/mol. The maximum absolute atomic E-state index is 2.24. The van der Waals surface area contributed by atoms with E-state index in [9.17, 15) is 0 Å². The number of hydrogen-bond donors (Lipinski definition) is 0. The van der Waals surface area contributed by atoms with Gasteiger partial charge in [-0.15, -0.1) is 11.3 Å². The Labute approximate surface area is 99.0 Å². The molecule has 0 aliphatic heterocycles. The van der Waals surface area contributed by atoms with Crippen molar-refractivity contribution in [1.29, 1.82) is 0 Å². The molecule has 0 aliphatic rings. The van der Waals surface area contributed by atoms with Crippen molar-refractivity contribution in [2.24, 2.45) is 0 Å². The molecule has 1 nitrogen and oxygen atoms in total. The van der Waals surface area contributed by atoms with E-state index < -0.39 is 0 Å². The van der Waals surface area contributed by atoms with Crippen LogP contribution in [0.25, 0.3) is 16.0 Å². The molecule has 0 saturated heterocycles. The summed E-state index contributed by atoms with van der Waals surface area (Å²) in [4.78, 5) is 2.71. The zero-order chi connectivity index (χ0) is 11.1. The molecule has 3 aromatic heterocycles. The highest BCUT2D eigenvalue weighted by atomic mass is 32.1. The molecule has 0 aliphatic carbocycles. The summed E-state index contributed by atoms with van der Waals surface area (Å²) in [5, 5.41) is 0. The lowest BCUT2D eigenvalue weighted by Crippen LogP contribution is -1.81. The Hall–Kier alpha value is -1.54. The fraction of sp³-hybridized carbons (Fsp3) is 0.143. The van der Waals surface area contributed by atoms with E-state index in [1.54, 1.807) is 0 Å². The molecule has 0 fully saturated rings. The van der Waals surface area contributed by atoms with Gasteiger partial charge in [0.2, 0.25) is 0 Å². The summed E-state index contributed by atoms with van der Waals surface area (Å²) in [5.41, 5.74) is 3.85. The molecule has 16 heavy (non-hydrogen) atoms. The Kier molecular flexibility index (Phi) is 2.11. The van der Waals surface area contributed by atoms with Crippen LogP contribution in [0.1, 0.15) is 10.4 Å². The first-order chi connectivity index (χ1) is 7.72. The van der Waals surface area contributed by atoms with Crippen LogP contribution < -0.4 is 0 Å². The van der Waals surface area contributed by atoms with Crippen LogP contribution in [0, 0.1) is 13.8 Å². The van der Waals surface area contributed by atoms with Gasteiger partial charge in [-0.3, -0.25) is 0 Å².